The Morgan fingerprint density at radius 3 is 2.68 bits per heavy atom. The lowest BCUT2D eigenvalue weighted by Gasteiger charge is -2.53. The van der Waals surface area contributed by atoms with E-state index in [9.17, 15) is 22.7 Å². The number of hydrogen-bond donors (Lipinski definition) is 3. The highest BCUT2D eigenvalue weighted by atomic mass is 32.2. The van der Waals surface area contributed by atoms with E-state index in [0.29, 0.717) is 17.1 Å². The Labute approximate surface area is 246 Å². The molecule has 226 valence electrons. The van der Waals surface area contributed by atoms with E-state index in [1.807, 2.05) is 6.92 Å². The van der Waals surface area contributed by atoms with Gasteiger partial charge in [0.1, 0.15) is 29.7 Å². The standard InChI is InChI=1S/C30H42FN3O5S2/c1-19(29(36)32-10-11-34-12-14-39-15-13-34)23-8-9-30(3)16-24-27(20(2)26(30)28(23)35)33-25(40-24)18-41(37,38)17-21-4-6-22(31)7-5-21/h4-7,19-20,23,26,28,35H,8-18H2,1-3H3,(H,32,36)/p+1/t19-,20-,23+,26+,28-,30-/m0/s1. The number of amides is 1. The first-order chi connectivity index (χ1) is 19.5. The number of thiazole rings is 1. The highest BCUT2D eigenvalue weighted by molar-refractivity contribution is 7.90. The van der Waals surface area contributed by atoms with Crippen LogP contribution in [0.5, 0.6) is 0 Å². The average Bonchev–Trinajstić information content (AvgIpc) is 3.31. The highest BCUT2D eigenvalue weighted by Gasteiger charge is 2.54. The first-order valence-corrected chi connectivity index (χ1v) is 17.4. The van der Waals surface area contributed by atoms with Crippen LogP contribution in [-0.4, -0.2) is 69.9 Å². The quantitative estimate of drug-likeness (QED) is 0.403. The minimum Gasteiger partial charge on any atom is -0.392 e. The lowest BCUT2D eigenvalue weighted by molar-refractivity contribution is -0.906. The lowest BCUT2D eigenvalue weighted by atomic mass is 9.53. The van der Waals surface area contributed by atoms with Gasteiger partial charge in [0.05, 0.1) is 43.9 Å². The van der Waals surface area contributed by atoms with Crippen LogP contribution < -0.4 is 10.2 Å². The van der Waals surface area contributed by atoms with Crippen LogP contribution in [0.4, 0.5) is 4.39 Å². The van der Waals surface area contributed by atoms with E-state index < -0.39 is 21.8 Å². The van der Waals surface area contributed by atoms with Gasteiger partial charge in [0.2, 0.25) is 5.91 Å². The van der Waals surface area contributed by atoms with E-state index in [4.69, 9.17) is 9.72 Å². The molecule has 1 amide bonds. The van der Waals surface area contributed by atoms with Gasteiger partial charge in [-0.2, -0.15) is 0 Å². The molecule has 2 aromatic rings. The zero-order chi connectivity index (χ0) is 29.4. The molecule has 0 unspecified atom stereocenters. The number of aromatic nitrogens is 1. The number of carbonyl (C=O) groups excluding carboxylic acids is 1. The van der Waals surface area contributed by atoms with Crippen molar-refractivity contribution in [1.29, 1.82) is 0 Å². The molecule has 3 aliphatic rings. The highest BCUT2D eigenvalue weighted by Crippen LogP contribution is 2.57. The molecule has 2 fully saturated rings. The molecular weight excluding hydrogens is 565 g/mol. The van der Waals surface area contributed by atoms with E-state index in [1.165, 1.54) is 40.5 Å². The number of aliphatic hydroxyl groups is 1. The maximum absolute atomic E-state index is 13.2. The van der Waals surface area contributed by atoms with Gasteiger partial charge in [0, 0.05) is 16.7 Å². The molecule has 1 aromatic heterocycles. The number of hydrogen-bond acceptors (Lipinski definition) is 7. The summed E-state index contributed by atoms with van der Waals surface area (Å²) >= 11 is 1.46. The van der Waals surface area contributed by atoms with Crippen molar-refractivity contribution in [3.8, 4) is 0 Å². The van der Waals surface area contributed by atoms with Crippen LogP contribution in [0.1, 0.15) is 60.7 Å². The Kier molecular flexibility index (Phi) is 9.21. The monoisotopic (exact) mass is 608 g/mol. The third-order valence-electron chi connectivity index (χ3n) is 9.64. The van der Waals surface area contributed by atoms with E-state index >= 15 is 0 Å². The minimum atomic E-state index is -3.49. The van der Waals surface area contributed by atoms with Crippen LogP contribution in [0, 0.1) is 29.0 Å². The maximum Gasteiger partial charge on any atom is 0.223 e. The number of aliphatic hydroxyl groups excluding tert-OH is 1. The zero-order valence-corrected chi connectivity index (χ0v) is 25.8. The summed E-state index contributed by atoms with van der Waals surface area (Å²) in [6.07, 6.45) is 1.78. The number of morpholine rings is 1. The first-order valence-electron chi connectivity index (χ1n) is 14.8. The van der Waals surface area contributed by atoms with Crippen LogP contribution >= 0.6 is 11.3 Å². The number of sulfone groups is 1. The molecule has 0 spiro atoms. The van der Waals surface area contributed by atoms with Gasteiger partial charge in [-0.3, -0.25) is 4.79 Å². The molecule has 0 radical (unpaired) electrons. The van der Waals surface area contributed by atoms with Crippen LogP contribution in [0.25, 0.3) is 0 Å². The van der Waals surface area contributed by atoms with E-state index in [0.717, 1.165) is 62.7 Å². The summed E-state index contributed by atoms with van der Waals surface area (Å²) in [7, 11) is -3.49. The second-order valence-electron chi connectivity index (χ2n) is 12.6. The molecule has 3 N–H and O–H groups in total. The van der Waals surface area contributed by atoms with Crippen molar-refractivity contribution in [1.82, 2.24) is 10.3 Å². The van der Waals surface area contributed by atoms with Crippen molar-refractivity contribution in [3.63, 3.8) is 0 Å². The van der Waals surface area contributed by atoms with Crippen LogP contribution in [0.3, 0.4) is 0 Å². The van der Waals surface area contributed by atoms with Crippen molar-refractivity contribution in [2.45, 2.75) is 63.6 Å². The molecule has 1 aliphatic heterocycles. The minimum absolute atomic E-state index is 0.00299. The fourth-order valence-electron chi connectivity index (χ4n) is 7.36. The number of nitrogens with zero attached hydrogens (tertiary/aromatic N) is 1. The Morgan fingerprint density at radius 2 is 1.98 bits per heavy atom. The molecule has 2 aliphatic carbocycles. The van der Waals surface area contributed by atoms with Crippen molar-refractivity contribution in [2.75, 3.05) is 39.4 Å². The number of nitrogens with one attached hydrogen (secondary N) is 2. The number of rotatable bonds is 9. The summed E-state index contributed by atoms with van der Waals surface area (Å²) in [5, 5.41) is 15.4. The fourth-order valence-corrected chi connectivity index (χ4v) is 10.5. The molecule has 0 bridgehead atoms. The van der Waals surface area contributed by atoms with Crippen LogP contribution in [0.2, 0.25) is 0 Å². The van der Waals surface area contributed by atoms with Gasteiger partial charge in [0.25, 0.3) is 0 Å². The van der Waals surface area contributed by atoms with Crippen molar-refractivity contribution < 1.29 is 32.3 Å². The fraction of sp³-hybridized carbons (Fsp3) is 0.667. The Hall–Kier alpha value is -1.92. The van der Waals surface area contributed by atoms with Gasteiger partial charge in [-0.25, -0.2) is 17.8 Å². The zero-order valence-electron chi connectivity index (χ0n) is 24.2. The summed E-state index contributed by atoms with van der Waals surface area (Å²) in [6, 6.07) is 5.54. The largest absolute Gasteiger partial charge is 0.392 e. The van der Waals surface area contributed by atoms with Gasteiger partial charge in [-0.15, -0.1) is 11.3 Å². The number of carbonyl (C=O) groups is 1. The molecule has 5 rings (SSSR count). The Balaban J connectivity index is 1.24. The van der Waals surface area contributed by atoms with Gasteiger partial charge in [-0.05, 0) is 54.2 Å². The summed E-state index contributed by atoms with van der Waals surface area (Å²) in [4.78, 5) is 20.4. The number of benzene rings is 1. The Morgan fingerprint density at radius 1 is 1.27 bits per heavy atom. The van der Waals surface area contributed by atoms with Crippen molar-refractivity contribution >= 4 is 27.1 Å². The van der Waals surface area contributed by atoms with Gasteiger partial charge in [0.15, 0.2) is 9.84 Å². The van der Waals surface area contributed by atoms with E-state index in [-0.39, 0.29) is 46.5 Å². The summed E-state index contributed by atoms with van der Waals surface area (Å²) in [5.74, 6) is -1.28. The van der Waals surface area contributed by atoms with Gasteiger partial charge >= 0.3 is 0 Å². The van der Waals surface area contributed by atoms with Crippen LogP contribution in [-0.2, 0) is 37.3 Å². The normalized spacial score (nSPS) is 29.4. The Bertz CT molecular complexity index is 1330. The summed E-state index contributed by atoms with van der Waals surface area (Å²) in [6.45, 7) is 11.2. The molecule has 2 heterocycles. The number of halogens is 1. The lowest BCUT2D eigenvalue weighted by Crippen LogP contribution is -3.14. The third-order valence-corrected chi connectivity index (χ3v) is 12.4. The molecule has 8 nitrogen and oxygen atoms in total. The predicted molar refractivity (Wildman–Crippen MR) is 156 cm³/mol. The predicted octanol–water partition coefficient (Wildman–Crippen LogP) is 2.12. The molecule has 6 atom stereocenters. The molecule has 1 saturated heterocycles. The van der Waals surface area contributed by atoms with Crippen LogP contribution in [0.15, 0.2) is 24.3 Å². The van der Waals surface area contributed by atoms with E-state index in [1.54, 1.807) is 0 Å². The maximum atomic E-state index is 13.2. The summed E-state index contributed by atoms with van der Waals surface area (Å²) < 4.78 is 44.5. The molecular formula is C30H43FN3O5S2+. The number of fused-ring (bicyclic) bond motifs is 2. The number of quaternary nitrogens is 1. The van der Waals surface area contributed by atoms with Gasteiger partial charge in [-0.1, -0.05) is 32.9 Å². The van der Waals surface area contributed by atoms with E-state index in [2.05, 4.69) is 19.2 Å². The molecule has 1 saturated carbocycles. The first kappa shape index (κ1) is 30.5. The topological polar surface area (TPSA) is 110 Å². The van der Waals surface area contributed by atoms with Crippen molar-refractivity contribution in [3.05, 3.63) is 51.2 Å². The molecule has 1 aromatic carbocycles. The molecule has 11 heteroatoms. The second kappa shape index (κ2) is 12.4. The van der Waals surface area contributed by atoms with Crippen molar-refractivity contribution in [2.24, 2.45) is 23.2 Å². The smallest absolute Gasteiger partial charge is 0.223 e. The second-order valence-corrected chi connectivity index (χ2v) is 15.8. The third kappa shape index (κ3) is 6.85. The molecule has 41 heavy (non-hydrogen) atoms. The average molecular weight is 609 g/mol. The SMILES string of the molecule is C[C@H](C(=O)NCC[NH+]1CCOCC1)[C@H]1CC[C@@]2(C)Cc3sc(CS(=O)(=O)Cc4ccc(F)cc4)nc3[C@@H](C)[C@@H]2[C@H]1O. The number of ether oxygens (including phenoxy) is 1. The summed E-state index contributed by atoms with van der Waals surface area (Å²) in [5.41, 5.74) is 1.29. The van der Waals surface area contributed by atoms with Gasteiger partial charge < -0.3 is 20.1 Å².